The fraction of sp³-hybridized carbons (Fsp3) is 0.167. The lowest BCUT2D eigenvalue weighted by atomic mass is 10.4. The minimum atomic E-state index is -3.73. The molecule has 100 valence electrons. The lowest BCUT2D eigenvalue weighted by Crippen LogP contribution is -2.15. The summed E-state index contributed by atoms with van der Waals surface area (Å²) in [5.41, 5.74) is 1.38. The Kier molecular flexibility index (Phi) is 3.73. The molecule has 7 heteroatoms. The van der Waals surface area contributed by atoms with Crippen LogP contribution in [0.2, 0.25) is 5.02 Å². The average molecular weight is 298 g/mol. The highest BCUT2D eigenvalue weighted by atomic mass is 35.5. The van der Waals surface area contributed by atoms with E-state index in [9.17, 15) is 8.42 Å². The maximum Gasteiger partial charge on any atom is 0.264 e. The predicted molar refractivity (Wildman–Crippen MR) is 73.8 cm³/mol. The quantitative estimate of drug-likeness (QED) is 0.945. The van der Waals surface area contributed by atoms with E-state index in [4.69, 9.17) is 11.6 Å². The SMILES string of the molecule is Cc1cc(C)nc(NS(=O)(=O)c2cccc(Cl)c2)n1. The molecule has 0 aliphatic rings. The molecule has 1 aromatic heterocycles. The summed E-state index contributed by atoms with van der Waals surface area (Å²) >= 11 is 5.78. The fourth-order valence-corrected chi connectivity index (χ4v) is 2.83. The molecule has 5 nitrogen and oxygen atoms in total. The largest absolute Gasteiger partial charge is 0.264 e. The molecule has 0 aliphatic heterocycles. The second-order valence-corrected chi connectivity index (χ2v) is 6.16. The Hall–Kier alpha value is -1.66. The maximum absolute atomic E-state index is 12.1. The smallest absolute Gasteiger partial charge is 0.247 e. The van der Waals surface area contributed by atoms with Gasteiger partial charge in [0.1, 0.15) is 0 Å². The van der Waals surface area contributed by atoms with Crippen molar-refractivity contribution < 1.29 is 8.42 Å². The molecule has 0 radical (unpaired) electrons. The number of aryl methyl sites for hydroxylation is 2. The molecular weight excluding hydrogens is 286 g/mol. The van der Waals surface area contributed by atoms with Gasteiger partial charge in [0.05, 0.1) is 4.90 Å². The molecule has 2 aromatic rings. The molecule has 0 aliphatic carbocycles. The summed E-state index contributed by atoms with van der Waals surface area (Å²) in [7, 11) is -3.73. The Morgan fingerprint density at radius 3 is 2.32 bits per heavy atom. The summed E-state index contributed by atoms with van der Waals surface area (Å²) in [6.45, 7) is 3.54. The van der Waals surface area contributed by atoms with Gasteiger partial charge in [-0.25, -0.2) is 23.1 Å². The van der Waals surface area contributed by atoms with Gasteiger partial charge in [0, 0.05) is 16.4 Å². The van der Waals surface area contributed by atoms with Gasteiger partial charge >= 0.3 is 0 Å². The lowest BCUT2D eigenvalue weighted by molar-refractivity contribution is 0.601. The number of halogens is 1. The number of rotatable bonds is 3. The molecule has 1 heterocycles. The monoisotopic (exact) mass is 297 g/mol. The van der Waals surface area contributed by atoms with E-state index in [1.165, 1.54) is 12.1 Å². The Bertz CT molecular complexity index is 696. The van der Waals surface area contributed by atoms with Crippen LogP contribution in [0.5, 0.6) is 0 Å². The van der Waals surface area contributed by atoms with E-state index in [1.54, 1.807) is 32.0 Å². The van der Waals surface area contributed by atoms with E-state index in [-0.39, 0.29) is 10.8 Å². The average Bonchev–Trinajstić information content (AvgIpc) is 2.26. The fourth-order valence-electron chi connectivity index (χ4n) is 1.58. The zero-order valence-corrected chi connectivity index (χ0v) is 12.0. The molecule has 0 amide bonds. The van der Waals surface area contributed by atoms with Crippen LogP contribution in [0, 0.1) is 13.8 Å². The topological polar surface area (TPSA) is 72.0 Å². The van der Waals surface area contributed by atoms with Gasteiger partial charge in [-0.1, -0.05) is 17.7 Å². The molecule has 0 bridgehead atoms. The van der Waals surface area contributed by atoms with Gasteiger partial charge in [-0.05, 0) is 38.1 Å². The first-order chi connectivity index (χ1) is 8.87. The maximum atomic E-state index is 12.1. The predicted octanol–water partition coefficient (Wildman–Crippen LogP) is 2.55. The van der Waals surface area contributed by atoms with Crippen molar-refractivity contribution in [3.8, 4) is 0 Å². The van der Waals surface area contributed by atoms with Crippen LogP contribution in [0.3, 0.4) is 0 Å². The Morgan fingerprint density at radius 2 is 1.74 bits per heavy atom. The first kappa shape index (κ1) is 13.8. The second-order valence-electron chi connectivity index (χ2n) is 4.04. The van der Waals surface area contributed by atoms with Gasteiger partial charge in [-0.15, -0.1) is 0 Å². The minimum absolute atomic E-state index is 0.0532. The molecule has 1 aromatic carbocycles. The number of hydrogen-bond donors (Lipinski definition) is 1. The Morgan fingerprint density at radius 1 is 1.11 bits per heavy atom. The highest BCUT2D eigenvalue weighted by Crippen LogP contribution is 2.17. The van der Waals surface area contributed by atoms with Crippen LogP contribution in [-0.2, 0) is 10.0 Å². The summed E-state index contributed by atoms with van der Waals surface area (Å²) in [6.07, 6.45) is 0. The number of nitrogens with zero attached hydrogens (tertiary/aromatic N) is 2. The number of sulfonamides is 1. The molecule has 0 saturated carbocycles. The molecule has 1 N–H and O–H groups in total. The number of benzene rings is 1. The highest BCUT2D eigenvalue weighted by molar-refractivity contribution is 7.92. The van der Waals surface area contributed by atoms with Crippen LogP contribution in [0.4, 0.5) is 5.95 Å². The molecule has 0 spiro atoms. The van der Waals surface area contributed by atoms with Crippen molar-refractivity contribution in [3.05, 3.63) is 46.7 Å². The Labute approximate surface area is 116 Å². The first-order valence-corrected chi connectivity index (χ1v) is 7.33. The van der Waals surface area contributed by atoms with E-state index in [0.717, 1.165) is 0 Å². The van der Waals surface area contributed by atoms with E-state index in [0.29, 0.717) is 16.4 Å². The second kappa shape index (κ2) is 5.14. The van der Waals surface area contributed by atoms with E-state index in [2.05, 4.69) is 14.7 Å². The third-order valence-corrected chi connectivity index (χ3v) is 3.88. The van der Waals surface area contributed by atoms with E-state index < -0.39 is 10.0 Å². The highest BCUT2D eigenvalue weighted by Gasteiger charge is 2.16. The van der Waals surface area contributed by atoms with Gasteiger partial charge in [0.15, 0.2) is 0 Å². The van der Waals surface area contributed by atoms with Crippen molar-refractivity contribution in [2.75, 3.05) is 4.72 Å². The zero-order chi connectivity index (χ0) is 14.0. The summed E-state index contributed by atoms with van der Waals surface area (Å²) in [5, 5.41) is 0.351. The number of nitrogens with one attached hydrogen (secondary N) is 1. The van der Waals surface area contributed by atoms with Crippen LogP contribution in [-0.4, -0.2) is 18.4 Å². The van der Waals surface area contributed by atoms with Crippen molar-refractivity contribution in [2.24, 2.45) is 0 Å². The van der Waals surface area contributed by atoms with Crippen LogP contribution in [0.15, 0.2) is 35.2 Å². The van der Waals surface area contributed by atoms with Crippen LogP contribution < -0.4 is 4.72 Å². The van der Waals surface area contributed by atoms with Gasteiger partial charge in [-0.2, -0.15) is 0 Å². The standard InChI is InChI=1S/C12H12ClN3O2S/c1-8-6-9(2)15-12(14-8)16-19(17,18)11-5-3-4-10(13)7-11/h3-7H,1-2H3,(H,14,15,16). The molecule has 0 unspecified atom stereocenters. The molecule has 0 fully saturated rings. The van der Waals surface area contributed by atoms with E-state index in [1.807, 2.05) is 0 Å². The summed E-state index contributed by atoms with van der Waals surface area (Å²) < 4.78 is 26.6. The van der Waals surface area contributed by atoms with Crippen molar-refractivity contribution in [1.82, 2.24) is 9.97 Å². The van der Waals surface area contributed by atoms with Crippen LogP contribution in [0.25, 0.3) is 0 Å². The van der Waals surface area contributed by atoms with Crippen LogP contribution >= 0.6 is 11.6 Å². The van der Waals surface area contributed by atoms with Crippen molar-refractivity contribution in [3.63, 3.8) is 0 Å². The molecule has 0 atom stereocenters. The number of hydrogen-bond acceptors (Lipinski definition) is 4. The third kappa shape index (κ3) is 3.42. The first-order valence-electron chi connectivity index (χ1n) is 5.47. The Balaban J connectivity index is 2.36. The lowest BCUT2D eigenvalue weighted by Gasteiger charge is -2.08. The number of anilines is 1. The summed E-state index contributed by atoms with van der Waals surface area (Å²) in [5.74, 6) is 0.0532. The van der Waals surface area contributed by atoms with Crippen molar-refractivity contribution >= 4 is 27.6 Å². The van der Waals surface area contributed by atoms with Gasteiger partial charge in [0.25, 0.3) is 10.0 Å². The van der Waals surface area contributed by atoms with Gasteiger partial charge in [0.2, 0.25) is 5.95 Å². The van der Waals surface area contributed by atoms with Gasteiger partial charge < -0.3 is 0 Å². The molecule has 2 rings (SSSR count). The molecule has 19 heavy (non-hydrogen) atoms. The third-order valence-electron chi connectivity index (χ3n) is 2.31. The molecular formula is C12H12ClN3O2S. The van der Waals surface area contributed by atoms with Gasteiger partial charge in [-0.3, -0.25) is 0 Å². The normalized spacial score (nSPS) is 11.3. The molecule has 0 saturated heterocycles. The number of aromatic nitrogens is 2. The van der Waals surface area contributed by atoms with Crippen molar-refractivity contribution in [2.45, 2.75) is 18.7 Å². The van der Waals surface area contributed by atoms with E-state index >= 15 is 0 Å². The minimum Gasteiger partial charge on any atom is -0.247 e. The van der Waals surface area contributed by atoms with Crippen LogP contribution in [0.1, 0.15) is 11.4 Å². The zero-order valence-electron chi connectivity index (χ0n) is 10.4. The van der Waals surface area contributed by atoms with Crippen molar-refractivity contribution in [1.29, 1.82) is 0 Å². The summed E-state index contributed by atoms with van der Waals surface area (Å²) in [4.78, 5) is 8.14. The summed E-state index contributed by atoms with van der Waals surface area (Å²) in [6, 6.07) is 7.76.